The number of nitrogens with zero attached hydrogens (tertiary/aromatic N) is 5. The van der Waals surface area contributed by atoms with Gasteiger partial charge < -0.3 is 20.7 Å². The lowest BCUT2D eigenvalue weighted by Crippen LogP contribution is -2.28. The van der Waals surface area contributed by atoms with Gasteiger partial charge in [0.05, 0.1) is 11.7 Å². The number of carbonyl (C=O) groups is 1. The Hall–Kier alpha value is -4.24. The van der Waals surface area contributed by atoms with Gasteiger partial charge in [-0.05, 0) is 43.2 Å². The number of carbonyl (C=O) groups excluding carboxylic acids is 1. The van der Waals surface area contributed by atoms with Crippen LogP contribution < -0.4 is 15.8 Å². The van der Waals surface area contributed by atoms with Crippen LogP contribution in [-0.4, -0.2) is 63.2 Å². The zero-order valence-electron chi connectivity index (χ0n) is 22.7. The van der Waals surface area contributed by atoms with Crippen molar-refractivity contribution in [3.05, 3.63) is 60.2 Å². The van der Waals surface area contributed by atoms with E-state index in [-0.39, 0.29) is 24.1 Å². The first-order chi connectivity index (χ1) is 19.1. The highest BCUT2D eigenvalue weighted by molar-refractivity contribution is 8.15. The number of anilines is 2. The van der Waals surface area contributed by atoms with E-state index in [0.29, 0.717) is 34.0 Å². The fourth-order valence-electron chi connectivity index (χ4n) is 3.53. The van der Waals surface area contributed by atoms with Gasteiger partial charge in [0.15, 0.2) is 24.4 Å². The highest BCUT2D eigenvalue weighted by Gasteiger charge is 2.27. The number of alkyl halides is 1. The van der Waals surface area contributed by atoms with Crippen molar-refractivity contribution in [2.24, 2.45) is 10.7 Å². The molecule has 0 aliphatic heterocycles. The lowest BCUT2D eigenvalue weighted by Gasteiger charge is -2.26. The number of thioether (sulfide) groups is 1. The average Bonchev–Trinajstić information content (AvgIpc) is 2.91. The maximum Gasteiger partial charge on any atom is 0.245 e. The van der Waals surface area contributed by atoms with Crippen LogP contribution in [0.2, 0.25) is 0 Å². The molecule has 3 rings (SSSR count). The zero-order valence-corrected chi connectivity index (χ0v) is 23.6. The number of rotatable bonds is 10. The molecule has 9 nitrogen and oxygen atoms in total. The van der Waals surface area contributed by atoms with Crippen molar-refractivity contribution in [1.82, 2.24) is 19.9 Å². The molecule has 0 aliphatic rings. The van der Waals surface area contributed by atoms with Crippen molar-refractivity contribution in [1.29, 1.82) is 0 Å². The molecule has 3 N–H and O–H groups in total. The van der Waals surface area contributed by atoms with Crippen LogP contribution in [0.25, 0.3) is 11.0 Å². The summed E-state index contributed by atoms with van der Waals surface area (Å²) in [5.74, 6) is 5.87. The van der Waals surface area contributed by atoms with Crippen molar-refractivity contribution >= 4 is 45.4 Å². The van der Waals surface area contributed by atoms with E-state index in [1.165, 1.54) is 23.2 Å². The molecule has 3 aromatic rings. The zero-order chi connectivity index (χ0) is 29.1. The Morgan fingerprint density at radius 3 is 2.83 bits per heavy atom. The number of fused-ring (bicyclic) bond motifs is 1. The number of likely N-dealkylation sites (N-methyl/N-ethyl adjacent to an activating group) is 1. The summed E-state index contributed by atoms with van der Waals surface area (Å²) >= 11 is 1.04. The number of nitrogens with two attached hydrogens (primary N) is 1. The Balaban J connectivity index is 1.88. The van der Waals surface area contributed by atoms with Gasteiger partial charge in [0.1, 0.15) is 11.3 Å². The number of aliphatic imine (C=N–C) groups is 1. The summed E-state index contributed by atoms with van der Waals surface area (Å²) in [6.45, 7) is 2.96. The minimum absolute atomic E-state index is 0.0130. The van der Waals surface area contributed by atoms with Gasteiger partial charge in [-0.2, -0.15) is 0 Å². The van der Waals surface area contributed by atoms with Crippen molar-refractivity contribution in [3.63, 3.8) is 0 Å². The topological polar surface area (TPSA) is 119 Å². The number of amidine groups is 1. The van der Waals surface area contributed by atoms with E-state index in [0.717, 1.165) is 18.2 Å². The lowest BCUT2D eigenvalue weighted by molar-refractivity contribution is -0.123. The van der Waals surface area contributed by atoms with Gasteiger partial charge in [0.25, 0.3) is 0 Å². The number of hydrogen-bond acceptors (Lipinski definition) is 8. The van der Waals surface area contributed by atoms with E-state index in [2.05, 4.69) is 37.1 Å². The van der Waals surface area contributed by atoms with Crippen molar-refractivity contribution in [2.75, 3.05) is 32.8 Å². The summed E-state index contributed by atoms with van der Waals surface area (Å²) in [7, 11) is 3.24. The average molecular weight is 568 g/mol. The fourth-order valence-corrected chi connectivity index (χ4v) is 4.49. The molecule has 1 aromatic carbocycles. The molecule has 1 atom stereocenters. The van der Waals surface area contributed by atoms with Gasteiger partial charge in [-0.1, -0.05) is 30.7 Å². The molecular formula is C28H31F2N7O2S. The largest absolute Gasteiger partial charge is 0.463 e. The second-order valence-electron chi connectivity index (χ2n) is 8.94. The van der Waals surface area contributed by atoms with Crippen LogP contribution in [0.1, 0.15) is 25.8 Å². The first-order valence-corrected chi connectivity index (χ1v) is 13.2. The molecule has 210 valence electrons. The molecule has 0 spiro atoms. The maximum absolute atomic E-state index is 15.0. The van der Waals surface area contributed by atoms with Crippen molar-refractivity contribution < 1.29 is 18.3 Å². The molecule has 0 unspecified atom stereocenters. The van der Waals surface area contributed by atoms with Crippen molar-refractivity contribution in [2.45, 2.75) is 31.4 Å². The SMILES string of the molecule is CCC#CCOc1cnc2c(Nc3ccc(F)c(C[C@](C)(/C=C/C(=O)N(C)C)S/C(N)=N\CF)c3)nccc2n1. The van der Waals surface area contributed by atoms with E-state index in [9.17, 15) is 13.6 Å². The smallest absolute Gasteiger partial charge is 0.245 e. The van der Waals surface area contributed by atoms with Gasteiger partial charge in [-0.25, -0.2) is 28.7 Å². The molecular weight excluding hydrogens is 536 g/mol. The monoisotopic (exact) mass is 567 g/mol. The number of ether oxygens (including phenoxy) is 1. The number of aromatic nitrogens is 3. The van der Waals surface area contributed by atoms with Crippen molar-refractivity contribution in [3.8, 4) is 17.7 Å². The van der Waals surface area contributed by atoms with E-state index in [4.69, 9.17) is 10.5 Å². The highest BCUT2D eigenvalue weighted by atomic mass is 32.2. The number of halogens is 2. The van der Waals surface area contributed by atoms with Crippen LogP contribution in [0, 0.1) is 17.7 Å². The normalized spacial score (nSPS) is 13.0. The summed E-state index contributed by atoms with van der Waals surface area (Å²) in [4.78, 5) is 30.4. The molecule has 12 heteroatoms. The summed E-state index contributed by atoms with van der Waals surface area (Å²) in [6, 6.07) is 6.25. The van der Waals surface area contributed by atoms with Crippen LogP contribution >= 0.6 is 11.8 Å². The predicted octanol–water partition coefficient (Wildman–Crippen LogP) is 4.62. The van der Waals surface area contributed by atoms with E-state index >= 15 is 0 Å². The Morgan fingerprint density at radius 1 is 1.30 bits per heavy atom. The first kappa shape index (κ1) is 30.3. The minimum Gasteiger partial charge on any atom is -0.463 e. The van der Waals surface area contributed by atoms with Gasteiger partial charge in [0, 0.05) is 43.2 Å². The number of hydrogen-bond donors (Lipinski definition) is 2. The third-order valence-corrected chi connectivity index (χ3v) is 6.54. The molecule has 40 heavy (non-hydrogen) atoms. The first-order valence-electron chi connectivity index (χ1n) is 12.3. The lowest BCUT2D eigenvalue weighted by atomic mass is 9.98. The number of benzene rings is 1. The van der Waals surface area contributed by atoms with E-state index in [1.807, 2.05) is 6.92 Å². The summed E-state index contributed by atoms with van der Waals surface area (Å²) < 4.78 is 32.4. The Kier molecular flexibility index (Phi) is 10.8. The van der Waals surface area contributed by atoms with Crippen LogP contribution in [0.5, 0.6) is 5.88 Å². The fraction of sp³-hybridized carbons (Fsp3) is 0.321. The molecule has 0 bridgehead atoms. The maximum atomic E-state index is 15.0. The van der Waals surface area contributed by atoms with Gasteiger partial charge in [-0.3, -0.25) is 4.79 Å². The minimum atomic E-state index is -0.982. The number of amides is 1. The molecule has 0 saturated carbocycles. The number of pyridine rings is 1. The highest BCUT2D eigenvalue weighted by Crippen LogP contribution is 2.33. The molecule has 2 aromatic heterocycles. The van der Waals surface area contributed by atoms with Crippen LogP contribution in [0.15, 0.2) is 53.8 Å². The van der Waals surface area contributed by atoms with Gasteiger partial charge in [-0.15, -0.1) is 5.92 Å². The number of nitrogens with one attached hydrogen (secondary N) is 1. The molecule has 0 aliphatic carbocycles. The quantitative estimate of drug-likeness (QED) is 0.120. The standard InChI is InChI=1S/C28H31F2N7O2S/c1-5-6-7-14-39-23-17-33-25-22(36-23)11-13-32-26(25)35-20-8-9-21(30)19(15-20)16-28(2,40-27(31)34-18-29)12-10-24(38)37(3)4/h8-13,15,17H,5,14,16,18H2,1-4H3,(H2,31,34)(H,32,35)/b12-10+/t28-/m0/s1. The van der Waals surface area contributed by atoms with Crippen LogP contribution in [0.3, 0.4) is 0 Å². The Labute approximate surface area is 236 Å². The molecule has 0 fully saturated rings. The summed E-state index contributed by atoms with van der Waals surface area (Å²) in [6.07, 6.45) is 6.94. The third kappa shape index (κ3) is 8.64. The van der Waals surface area contributed by atoms with E-state index < -0.39 is 17.4 Å². The predicted molar refractivity (Wildman–Crippen MR) is 156 cm³/mol. The molecule has 2 heterocycles. The molecule has 1 amide bonds. The third-order valence-electron chi connectivity index (χ3n) is 5.45. The second kappa shape index (κ2) is 14.2. The van der Waals surface area contributed by atoms with Crippen LogP contribution in [-0.2, 0) is 11.2 Å². The van der Waals surface area contributed by atoms with E-state index in [1.54, 1.807) is 51.5 Å². The Morgan fingerprint density at radius 2 is 2.10 bits per heavy atom. The molecule has 0 saturated heterocycles. The van der Waals surface area contributed by atoms with Crippen LogP contribution in [0.4, 0.5) is 20.3 Å². The summed E-state index contributed by atoms with van der Waals surface area (Å²) in [5, 5.41) is 3.17. The second-order valence-corrected chi connectivity index (χ2v) is 10.5. The van der Waals surface area contributed by atoms with Gasteiger partial charge in [0.2, 0.25) is 11.8 Å². The molecule has 0 radical (unpaired) electrons. The van der Waals surface area contributed by atoms with Gasteiger partial charge >= 0.3 is 0 Å². The Bertz CT molecular complexity index is 1470. The summed E-state index contributed by atoms with van der Waals surface area (Å²) in [5.41, 5.74) is 7.82.